The van der Waals surface area contributed by atoms with Crippen molar-refractivity contribution < 1.29 is 23.9 Å². The van der Waals surface area contributed by atoms with Gasteiger partial charge in [-0.3, -0.25) is 14.4 Å². The van der Waals surface area contributed by atoms with Gasteiger partial charge in [0.25, 0.3) is 5.91 Å². The van der Waals surface area contributed by atoms with Crippen molar-refractivity contribution in [3.8, 4) is 0 Å². The first-order valence-corrected chi connectivity index (χ1v) is 13.1. The van der Waals surface area contributed by atoms with E-state index in [1.807, 2.05) is 13.8 Å². The van der Waals surface area contributed by atoms with Crippen molar-refractivity contribution in [3.05, 3.63) is 58.5 Å². The average molecular weight is 515 g/mol. The van der Waals surface area contributed by atoms with Crippen molar-refractivity contribution in [2.45, 2.75) is 65.4 Å². The molecule has 0 fully saturated rings. The summed E-state index contributed by atoms with van der Waals surface area (Å²) in [7, 11) is 0. The number of hydrogen-bond acceptors (Lipinski definition) is 6. The lowest BCUT2D eigenvalue weighted by Gasteiger charge is -2.29. The topological polar surface area (TPSA) is 152 Å². The van der Waals surface area contributed by atoms with Crippen LogP contribution in [0.4, 0.5) is 0 Å². The van der Waals surface area contributed by atoms with Crippen LogP contribution in [0, 0.1) is 5.92 Å². The number of carbonyl (C=O) groups is 3. The smallest absolute Gasteiger partial charge is 0.254 e. The lowest BCUT2D eigenvalue weighted by molar-refractivity contribution is 0.0751. The fraction of sp³-hybridized carbons (Fsp3) is 0.536. The number of benzene rings is 1. The van der Waals surface area contributed by atoms with E-state index >= 15 is 0 Å². The quantitative estimate of drug-likeness (QED) is 0.253. The van der Waals surface area contributed by atoms with Crippen LogP contribution >= 0.6 is 0 Å². The maximum atomic E-state index is 13.9. The summed E-state index contributed by atoms with van der Waals surface area (Å²) in [4.78, 5) is 40.4. The molecule has 6 N–H and O–H groups in total. The Hall–Kier alpha value is -3.17. The second kappa shape index (κ2) is 14.5. The van der Waals surface area contributed by atoms with Gasteiger partial charge in [0.1, 0.15) is 5.76 Å². The molecule has 2 rings (SSSR count). The first kappa shape index (κ1) is 30.1. The van der Waals surface area contributed by atoms with Gasteiger partial charge in [-0.1, -0.05) is 27.7 Å². The Bertz CT molecular complexity index is 1030. The number of carbonyl (C=O) groups excluding carboxylic acids is 3. The lowest BCUT2D eigenvalue weighted by Crippen LogP contribution is -2.38. The van der Waals surface area contributed by atoms with Crippen LogP contribution in [-0.2, 0) is 6.42 Å². The van der Waals surface area contributed by atoms with Gasteiger partial charge in [0.15, 0.2) is 0 Å². The molecule has 0 spiro atoms. The van der Waals surface area contributed by atoms with E-state index in [-0.39, 0.29) is 35.6 Å². The predicted molar refractivity (Wildman–Crippen MR) is 143 cm³/mol. The standard InChI is InChI=1S/C28H42N4O5/c1-5-11-32(12-6-2)28(36)23-15-19(26(29)34)14-22(27(30)35)25(23)21(16-20-8-7-13-37-20)24(33)17-31-10-9-18(3)4/h7-8,13-15,18,21,24,31,33H,5-6,9-12,16-17H2,1-4H3,(H2,29,34)(H2,30,35)/t21-,24+/m1/s1. The van der Waals surface area contributed by atoms with Crippen LogP contribution in [-0.4, -0.2) is 60.0 Å². The van der Waals surface area contributed by atoms with E-state index in [1.54, 1.807) is 17.0 Å². The van der Waals surface area contributed by atoms with Crippen LogP contribution in [0.5, 0.6) is 0 Å². The van der Waals surface area contributed by atoms with Crippen LogP contribution in [0.2, 0.25) is 0 Å². The van der Waals surface area contributed by atoms with Gasteiger partial charge in [-0.2, -0.15) is 0 Å². The zero-order valence-corrected chi connectivity index (χ0v) is 22.5. The highest BCUT2D eigenvalue weighted by Gasteiger charge is 2.33. The number of aliphatic hydroxyl groups is 1. The number of primary amides is 2. The highest BCUT2D eigenvalue weighted by molar-refractivity contribution is 6.06. The van der Waals surface area contributed by atoms with E-state index in [9.17, 15) is 19.5 Å². The normalized spacial score (nSPS) is 12.9. The van der Waals surface area contributed by atoms with E-state index in [1.165, 1.54) is 18.4 Å². The van der Waals surface area contributed by atoms with Crippen molar-refractivity contribution in [1.82, 2.24) is 10.2 Å². The number of nitrogens with one attached hydrogen (secondary N) is 1. The molecule has 0 bridgehead atoms. The summed E-state index contributed by atoms with van der Waals surface area (Å²) in [5, 5.41) is 14.7. The van der Waals surface area contributed by atoms with E-state index in [2.05, 4.69) is 19.2 Å². The fourth-order valence-electron chi connectivity index (χ4n) is 4.46. The third-order valence-electron chi connectivity index (χ3n) is 6.32. The molecular weight excluding hydrogens is 472 g/mol. The summed E-state index contributed by atoms with van der Waals surface area (Å²) in [5.74, 6) is -1.56. The summed E-state index contributed by atoms with van der Waals surface area (Å²) < 4.78 is 5.56. The number of amides is 3. The van der Waals surface area contributed by atoms with Crippen molar-refractivity contribution in [3.63, 3.8) is 0 Å². The molecule has 9 nitrogen and oxygen atoms in total. The fourth-order valence-corrected chi connectivity index (χ4v) is 4.46. The first-order valence-electron chi connectivity index (χ1n) is 13.1. The molecule has 0 saturated carbocycles. The molecular formula is C28H42N4O5. The van der Waals surface area contributed by atoms with Gasteiger partial charge < -0.3 is 31.2 Å². The Morgan fingerprint density at radius 2 is 1.70 bits per heavy atom. The highest BCUT2D eigenvalue weighted by Crippen LogP contribution is 2.33. The van der Waals surface area contributed by atoms with Crippen LogP contribution < -0.4 is 16.8 Å². The SMILES string of the molecule is CCCN(CCC)C(=O)c1cc(C(N)=O)cc(C(N)=O)c1[C@H](Cc1ccco1)[C@@H](O)CNCCC(C)C. The van der Waals surface area contributed by atoms with Crippen molar-refractivity contribution in [2.75, 3.05) is 26.2 Å². The molecule has 0 unspecified atom stereocenters. The Balaban J connectivity index is 2.69. The molecule has 37 heavy (non-hydrogen) atoms. The Kier molecular flexibility index (Phi) is 11.8. The average Bonchev–Trinajstić information content (AvgIpc) is 3.37. The molecule has 0 aliphatic rings. The number of aliphatic hydroxyl groups excluding tert-OH is 1. The largest absolute Gasteiger partial charge is 0.469 e. The maximum absolute atomic E-state index is 13.9. The molecule has 0 aliphatic heterocycles. The summed E-state index contributed by atoms with van der Waals surface area (Å²) in [5.41, 5.74) is 11.8. The lowest BCUT2D eigenvalue weighted by atomic mass is 9.81. The Morgan fingerprint density at radius 1 is 1.05 bits per heavy atom. The molecule has 1 aromatic heterocycles. The number of hydrogen-bond donors (Lipinski definition) is 4. The molecule has 0 radical (unpaired) electrons. The van der Waals surface area contributed by atoms with Crippen molar-refractivity contribution >= 4 is 17.7 Å². The van der Waals surface area contributed by atoms with Gasteiger partial charge in [-0.15, -0.1) is 0 Å². The zero-order chi connectivity index (χ0) is 27.5. The van der Waals surface area contributed by atoms with Crippen LogP contribution in [0.25, 0.3) is 0 Å². The third-order valence-corrected chi connectivity index (χ3v) is 6.32. The number of furan rings is 1. The van der Waals surface area contributed by atoms with E-state index in [0.29, 0.717) is 36.9 Å². The predicted octanol–water partition coefficient (Wildman–Crippen LogP) is 3.06. The second-order valence-corrected chi connectivity index (χ2v) is 9.85. The van der Waals surface area contributed by atoms with Gasteiger partial charge in [0.05, 0.1) is 12.4 Å². The highest BCUT2D eigenvalue weighted by atomic mass is 16.3. The van der Waals surface area contributed by atoms with Gasteiger partial charge >= 0.3 is 0 Å². The minimum atomic E-state index is -0.979. The van der Waals surface area contributed by atoms with E-state index < -0.39 is 23.8 Å². The summed E-state index contributed by atoms with van der Waals surface area (Å²) in [6, 6.07) is 6.24. The first-order chi connectivity index (χ1) is 17.6. The molecule has 2 aromatic rings. The molecule has 204 valence electrons. The van der Waals surface area contributed by atoms with Gasteiger partial charge in [-0.05, 0) is 61.6 Å². The van der Waals surface area contributed by atoms with Crippen molar-refractivity contribution in [2.24, 2.45) is 17.4 Å². The third kappa shape index (κ3) is 8.43. The summed E-state index contributed by atoms with van der Waals surface area (Å²) in [6.45, 7) is 10.1. The molecule has 0 saturated heterocycles. The van der Waals surface area contributed by atoms with Gasteiger partial charge in [0, 0.05) is 48.7 Å². The van der Waals surface area contributed by atoms with E-state index in [0.717, 1.165) is 19.3 Å². The molecule has 1 aromatic carbocycles. The molecule has 0 aliphatic carbocycles. The Labute approximate surface area is 219 Å². The van der Waals surface area contributed by atoms with Gasteiger partial charge in [-0.25, -0.2) is 0 Å². The van der Waals surface area contributed by atoms with Crippen LogP contribution in [0.3, 0.4) is 0 Å². The van der Waals surface area contributed by atoms with Crippen LogP contribution in [0.1, 0.15) is 95.3 Å². The maximum Gasteiger partial charge on any atom is 0.254 e. The van der Waals surface area contributed by atoms with Crippen molar-refractivity contribution in [1.29, 1.82) is 0 Å². The minimum Gasteiger partial charge on any atom is -0.469 e. The van der Waals surface area contributed by atoms with Crippen LogP contribution in [0.15, 0.2) is 34.9 Å². The minimum absolute atomic E-state index is 0.00890. The van der Waals surface area contributed by atoms with Gasteiger partial charge in [0.2, 0.25) is 11.8 Å². The monoisotopic (exact) mass is 514 g/mol. The molecule has 3 amide bonds. The summed E-state index contributed by atoms with van der Waals surface area (Å²) in [6.07, 6.45) is 3.17. The number of nitrogens with zero attached hydrogens (tertiary/aromatic N) is 1. The molecule has 1 heterocycles. The zero-order valence-electron chi connectivity index (χ0n) is 22.5. The number of nitrogens with two attached hydrogens (primary N) is 2. The second-order valence-electron chi connectivity index (χ2n) is 9.85. The summed E-state index contributed by atoms with van der Waals surface area (Å²) >= 11 is 0. The number of rotatable bonds is 16. The molecule has 9 heteroatoms. The molecule has 2 atom stereocenters. The Morgan fingerprint density at radius 3 is 2.22 bits per heavy atom. The van der Waals surface area contributed by atoms with E-state index in [4.69, 9.17) is 15.9 Å².